The molecule has 1 saturated heterocycles. The van der Waals surface area contributed by atoms with Gasteiger partial charge in [-0.3, -0.25) is 9.69 Å². The Kier molecular flexibility index (Phi) is 3.41. The molecule has 1 fully saturated rings. The lowest BCUT2D eigenvalue weighted by Crippen LogP contribution is -2.58. The van der Waals surface area contributed by atoms with Crippen LogP contribution in [0.4, 0.5) is 0 Å². The monoisotopic (exact) mass is 258 g/mol. The number of amides is 1. The fourth-order valence-corrected chi connectivity index (χ4v) is 3.59. The first-order valence-electron chi connectivity index (χ1n) is 5.39. The SMILES string of the molecule is NCCCC1=C(C(=O)O)N2C(=O)C(CO)[C@@H]2S1. The van der Waals surface area contributed by atoms with E-state index in [0.29, 0.717) is 24.3 Å². The van der Waals surface area contributed by atoms with Crippen molar-refractivity contribution in [3.63, 3.8) is 0 Å². The molecule has 0 aromatic heterocycles. The Morgan fingerprint density at radius 2 is 2.24 bits per heavy atom. The molecule has 1 amide bonds. The van der Waals surface area contributed by atoms with E-state index in [1.165, 1.54) is 16.7 Å². The van der Waals surface area contributed by atoms with E-state index in [1.54, 1.807) is 0 Å². The van der Waals surface area contributed by atoms with Crippen LogP contribution in [-0.4, -0.2) is 45.5 Å². The molecule has 2 atom stereocenters. The fourth-order valence-electron chi connectivity index (χ4n) is 2.06. The number of nitrogens with two attached hydrogens (primary N) is 1. The van der Waals surface area contributed by atoms with Crippen LogP contribution in [-0.2, 0) is 9.59 Å². The molecule has 1 unspecified atom stereocenters. The van der Waals surface area contributed by atoms with E-state index in [1.807, 2.05) is 0 Å². The van der Waals surface area contributed by atoms with Crippen LogP contribution in [0.3, 0.4) is 0 Å². The number of aliphatic hydroxyl groups is 1. The number of aliphatic hydroxyl groups excluding tert-OH is 1. The van der Waals surface area contributed by atoms with Crippen LogP contribution in [0.2, 0.25) is 0 Å². The second kappa shape index (κ2) is 4.67. The van der Waals surface area contributed by atoms with E-state index in [2.05, 4.69) is 0 Å². The van der Waals surface area contributed by atoms with Crippen LogP contribution in [0.15, 0.2) is 10.6 Å². The van der Waals surface area contributed by atoms with Crippen molar-refractivity contribution < 1.29 is 19.8 Å². The average Bonchev–Trinajstić information content (AvgIpc) is 2.62. The standard InChI is InChI=1S/C10H14N2O4S/c11-3-1-2-6-7(10(15)16)12-8(14)5(4-13)9(12)17-6/h5,9,13H,1-4,11H2,(H,15,16)/t5?,9-/m0/s1. The molecule has 2 heterocycles. The Morgan fingerprint density at radius 1 is 1.53 bits per heavy atom. The third-order valence-corrected chi connectivity index (χ3v) is 4.39. The third-order valence-electron chi connectivity index (χ3n) is 2.93. The van der Waals surface area contributed by atoms with Gasteiger partial charge in [0.05, 0.1) is 12.5 Å². The highest BCUT2D eigenvalue weighted by Gasteiger charge is 2.55. The minimum Gasteiger partial charge on any atom is -0.477 e. The molecule has 0 aromatic carbocycles. The summed E-state index contributed by atoms with van der Waals surface area (Å²) in [6.07, 6.45) is 1.26. The maximum absolute atomic E-state index is 11.6. The smallest absolute Gasteiger partial charge is 0.353 e. The van der Waals surface area contributed by atoms with Crippen LogP contribution in [0.25, 0.3) is 0 Å². The molecule has 0 radical (unpaired) electrons. The molecule has 0 aliphatic carbocycles. The van der Waals surface area contributed by atoms with Gasteiger partial charge in [-0.1, -0.05) is 0 Å². The molecule has 0 aromatic rings. The first-order chi connectivity index (χ1) is 8.11. The number of rotatable bonds is 5. The van der Waals surface area contributed by atoms with Gasteiger partial charge < -0.3 is 15.9 Å². The zero-order valence-corrected chi connectivity index (χ0v) is 9.94. The van der Waals surface area contributed by atoms with Gasteiger partial charge in [0.15, 0.2) is 0 Å². The summed E-state index contributed by atoms with van der Waals surface area (Å²) in [5.74, 6) is -1.85. The Bertz CT molecular complexity index is 396. The van der Waals surface area contributed by atoms with Crippen LogP contribution in [0.5, 0.6) is 0 Å². The third kappa shape index (κ3) is 1.84. The van der Waals surface area contributed by atoms with E-state index in [0.717, 1.165) is 0 Å². The molecule has 2 aliphatic heterocycles. The number of carboxylic acid groups (broad SMARTS) is 1. The summed E-state index contributed by atoms with van der Waals surface area (Å²) in [4.78, 5) is 24.8. The first-order valence-corrected chi connectivity index (χ1v) is 6.27. The molecule has 6 nitrogen and oxygen atoms in total. The summed E-state index contributed by atoms with van der Waals surface area (Å²) < 4.78 is 0. The number of carbonyl (C=O) groups is 2. The van der Waals surface area contributed by atoms with Gasteiger partial charge in [0.1, 0.15) is 11.1 Å². The van der Waals surface area contributed by atoms with Crippen molar-refractivity contribution >= 4 is 23.6 Å². The highest BCUT2D eigenvalue weighted by atomic mass is 32.2. The number of carboxylic acids is 1. The van der Waals surface area contributed by atoms with Gasteiger partial charge in [-0.25, -0.2) is 4.79 Å². The lowest BCUT2D eigenvalue weighted by molar-refractivity contribution is -0.153. The number of allylic oxidation sites excluding steroid dienone is 1. The van der Waals surface area contributed by atoms with Crippen LogP contribution in [0.1, 0.15) is 12.8 Å². The van der Waals surface area contributed by atoms with Gasteiger partial charge in [0, 0.05) is 4.91 Å². The van der Waals surface area contributed by atoms with Gasteiger partial charge in [-0.2, -0.15) is 0 Å². The molecule has 4 N–H and O–H groups in total. The average molecular weight is 258 g/mol. The van der Waals surface area contributed by atoms with Crippen molar-refractivity contribution in [1.82, 2.24) is 4.90 Å². The predicted molar refractivity (Wildman–Crippen MR) is 61.8 cm³/mol. The summed E-state index contributed by atoms with van der Waals surface area (Å²) >= 11 is 1.36. The van der Waals surface area contributed by atoms with Crippen molar-refractivity contribution in [3.8, 4) is 0 Å². The topological polar surface area (TPSA) is 104 Å². The van der Waals surface area contributed by atoms with Crippen molar-refractivity contribution in [2.24, 2.45) is 11.7 Å². The number of thioether (sulfide) groups is 1. The number of hydrogen-bond acceptors (Lipinski definition) is 5. The van der Waals surface area contributed by atoms with E-state index < -0.39 is 11.9 Å². The van der Waals surface area contributed by atoms with Gasteiger partial charge in [0.25, 0.3) is 0 Å². The number of aliphatic carboxylic acids is 1. The van der Waals surface area contributed by atoms with Crippen molar-refractivity contribution in [3.05, 3.63) is 10.6 Å². The van der Waals surface area contributed by atoms with Gasteiger partial charge in [0.2, 0.25) is 5.91 Å². The largest absolute Gasteiger partial charge is 0.477 e. The number of nitrogens with zero attached hydrogens (tertiary/aromatic N) is 1. The number of β-lactam (4-membered cyclic amide) rings is 1. The molecule has 0 saturated carbocycles. The zero-order chi connectivity index (χ0) is 12.6. The zero-order valence-electron chi connectivity index (χ0n) is 9.13. The molecule has 2 rings (SSSR count). The van der Waals surface area contributed by atoms with Crippen LogP contribution in [0, 0.1) is 5.92 Å². The highest BCUT2D eigenvalue weighted by molar-refractivity contribution is 8.04. The summed E-state index contributed by atoms with van der Waals surface area (Å²) in [5, 5.41) is 17.9. The van der Waals surface area contributed by atoms with E-state index in [9.17, 15) is 9.59 Å². The molecule has 0 bridgehead atoms. The normalized spacial score (nSPS) is 27.2. The van der Waals surface area contributed by atoms with E-state index in [-0.39, 0.29) is 23.6 Å². The van der Waals surface area contributed by atoms with Crippen molar-refractivity contribution in [1.29, 1.82) is 0 Å². The van der Waals surface area contributed by atoms with E-state index >= 15 is 0 Å². The molecule has 7 heteroatoms. The van der Waals surface area contributed by atoms with Gasteiger partial charge >= 0.3 is 5.97 Å². The molecule has 17 heavy (non-hydrogen) atoms. The summed E-state index contributed by atoms with van der Waals surface area (Å²) in [7, 11) is 0. The first kappa shape index (κ1) is 12.4. The second-order valence-corrected chi connectivity index (χ2v) is 5.19. The van der Waals surface area contributed by atoms with E-state index in [4.69, 9.17) is 15.9 Å². The lowest BCUT2D eigenvalue weighted by atomic mass is 9.98. The maximum Gasteiger partial charge on any atom is 0.353 e. The summed E-state index contributed by atoms with van der Waals surface area (Å²) in [6.45, 7) is 0.253. The van der Waals surface area contributed by atoms with Crippen molar-refractivity contribution in [2.45, 2.75) is 18.2 Å². The number of carbonyl (C=O) groups excluding carboxylic acids is 1. The Hall–Kier alpha value is -1.05. The van der Waals surface area contributed by atoms with Gasteiger partial charge in [-0.05, 0) is 19.4 Å². The van der Waals surface area contributed by atoms with Gasteiger partial charge in [-0.15, -0.1) is 11.8 Å². The molecule has 0 spiro atoms. The maximum atomic E-state index is 11.6. The summed E-state index contributed by atoms with van der Waals surface area (Å²) in [5.41, 5.74) is 5.47. The molecule has 94 valence electrons. The molecular formula is C10H14N2O4S. The quantitative estimate of drug-likeness (QED) is 0.577. The Balaban J connectivity index is 2.20. The summed E-state index contributed by atoms with van der Waals surface area (Å²) in [6, 6.07) is 0. The van der Waals surface area contributed by atoms with Crippen molar-refractivity contribution in [2.75, 3.05) is 13.2 Å². The van der Waals surface area contributed by atoms with Crippen LogP contribution >= 0.6 is 11.8 Å². The molecular weight excluding hydrogens is 244 g/mol. The number of hydrogen-bond donors (Lipinski definition) is 3. The Morgan fingerprint density at radius 3 is 2.76 bits per heavy atom. The molecule has 2 aliphatic rings. The minimum atomic E-state index is -1.09. The highest BCUT2D eigenvalue weighted by Crippen LogP contribution is 2.50. The number of fused-ring (bicyclic) bond motifs is 1. The Labute approximate surface area is 102 Å². The predicted octanol–water partition coefficient (Wildman–Crippen LogP) is -0.455. The van der Waals surface area contributed by atoms with Crippen LogP contribution < -0.4 is 5.73 Å². The minimum absolute atomic E-state index is 0.0724. The lowest BCUT2D eigenvalue weighted by Gasteiger charge is -2.41. The second-order valence-electron chi connectivity index (χ2n) is 3.97. The fraction of sp³-hybridized carbons (Fsp3) is 0.600.